The van der Waals surface area contributed by atoms with Gasteiger partial charge in [0, 0.05) is 24.3 Å². The first-order valence-electron chi connectivity index (χ1n) is 9.80. The Labute approximate surface area is 175 Å². The number of cyclic esters (lactones) is 1. The third kappa shape index (κ3) is 4.46. The topological polar surface area (TPSA) is 41.9 Å². The molecule has 1 heterocycles. The molecule has 0 aliphatic carbocycles. The van der Waals surface area contributed by atoms with Gasteiger partial charge in [-0.25, -0.2) is 14.2 Å². The maximum Gasteiger partial charge on any atom is 0.363 e. The number of aliphatic imine (C=N–C) groups is 1. The van der Waals surface area contributed by atoms with Crippen molar-refractivity contribution in [3.63, 3.8) is 0 Å². The third-order valence-corrected chi connectivity index (χ3v) is 4.87. The average Bonchev–Trinajstić information content (AvgIpc) is 3.14. The van der Waals surface area contributed by atoms with Gasteiger partial charge in [0.1, 0.15) is 5.82 Å². The summed E-state index contributed by atoms with van der Waals surface area (Å²) in [6, 6.07) is 24.0. The molecule has 1 aliphatic rings. The number of hydrogen-bond acceptors (Lipinski definition) is 4. The molecule has 0 fully saturated rings. The quantitative estimate of drug-likeness (QED) is 0.422. The van der Waals surface area contributed by atoms with E-state index in [-0.39, 0.29) is 17.4 Å². The molecule has 150 valence electrons. The average molecular weight is 400 g/mol. The second kappa shape index (κ2) is 8.74. The maximum atomic E-state index is 13.1. The number of nitrogens with zero attached hydrogens (tertiary/aromatic N) is 2. The summed E-state index contributed by atoms with van der Waals surface area (Å²) < 4.78 is 18.3. The van der Waals surface area contributed by atoms with E-state index in [1.165, 1.54) is 29.8 Å². The fourth-order valence-electron chi connectivity index (χ4n) is 3.25. The molecule has 0 amide bonds. The van der Waals surface area contributed by atoms with Crippen LogP contribution in [-0.4, -0.2) is 18.4 Å². The van der Waals surface area contributed by atoms with Gasteiger partial charge in [-0.05, 0) is 60.5 Å². The molecule has 0 radical (unpaired) electrons. The van der Waals surface area contributed by atoms with Gasteiger partial charge in [0.15, 0.2) is 5.70 Å². The van der Waals surface area contributed by atoms with Gasteiger partial charge in [0.05, 0.1) is 0 Å². The molecule has 1 aliphatic heterocycles. The van der Waals surface area contributed by atoms with Gasteiger partial charge in [0.25, 0.3) is 0 Å². The van der Waals surface area contributed by atoms with E-state index in [1.54, 1.807) is 6.08 Å². The van der Waals surface area contributed by atoms with Crippen molar-refractivity contribution >= 4 is 23.6 Å². The first-order chi connectivity index (χ1) is 14.6. The lowest BCUT2D eigenvalue weighted by molar-refractivity contribution is -0.129. The summed E-state index contributed by atoms with van der Waals surface area (Å²) in [4.78, 5) is 18.7. The van der Waals surface area contributed by atoms with Crippen LogP contribution in [0.3, 0.4) is 0 Å². The Morgan fingerprint density at radius 3 is 2.33 bits per heavy atom. The molecule has 0 atom stereocenters. The van der Waals surface area contributed by atoms with E-state index in [9.17, 15) is 9.18 Å². The summed E-state index contributed by atoms with van der Waals surface area (Å²) in [7, 11) is 0. The van der Waals surface area contributed by atoms with Gasteiger partial charge >= 0.3 is 5.97 Å². The first-order valence-corrected chi connectivity index (χ1v) is 9.80. The molecule has 0 N–H and O–H groups in total. The molecular weight excluding hydrogens is 379 g/mol. The number of anilines is 1. The predicted octanol–water partition coefficient (Wildman–Crippen LogP) is 5.20. The van der Waals surface area contributed by atoms with Crippen molar-refractivity contribution in [1.82, 2.24) is 0 Å². The lowest BCUT2D eigenvalue weighted by Crippen LogP contribution is -2.21. The minimum Gasteiger partial charge on any atom is -0.402 e. The molecule has 30 heavy (non-hydrogen) atoms. The fourth-order valence-corrected chi connectivity index (χ4v) is 3.25. The van der Waals surface area contributed by atoms with Crippen molar-refractivity contribution in [1.29, 1.82) is 0 Å². The van der Waals surface area contributed by atoms with Crippen molar-refractivity contribution in [2.45, 2.75) is 13.5 Å². The summed E-state index contributed by atoms with van der Waals surface area (Å²) in [5.74, 6) is -0.687. The molecule has 3 aromatic carbocycles. The van der Waals surface area contributed by atoms with E-state index in [4.69, 9.17) is 4.74 Å². The molecule has 0 spiro atoms. The Balaban J connectivity index is 1.51. The number of carbonyl (C=O) groups excluding carboxylic acids is 1. The van der Waals surface area contributed by atoms with E-state index in [0.29, 0.717) is 5.56 Å². The highest BCUT2D eigenvalue weighted by molar-refractivity contribution is 6.12. The van der Waals surface area contributed by atoms with Gasteiger partial charge in [-0.3, -0.25) is 0 Å². The third-order valence-electron chi connectivity index (χ3n) is 4.87. The number of halogens is 1. The summed E-state index contributed by atoms with van der Waals surface area (Å²) in [5, 5.41) is 0. The molecule has 0 unspecified atom stereocenters. The van der Waals surface area contributed by atoms with Crippen molar-refractivity contribution in [3.05, 3.63) is 107 Å². The Kier molecular flexibility index (Phi) is 5.70. The zero-order chi connectivity index (χ0) is 20.9. The molecular formula is C25H21FN2O2. The van der Waals surface area contributed by atoms with Crippen LogP contribution in [0.25, 0.3) is 6.08 Å². The monoisotopic (exact) mass is 400 g/mol. The SMILES string of the molecule is CCN(Cc1ccccc1)c1ccc(/C=C2\N=C(c3ccc(F)cc3)OC2=O)cc1. The molecule has 0 saturated heterocycles. The molecule has 0 saturated carbocycles. The van der Waals surface area contributed by atoms with Gasteiger partial charge in [0.2, 0.25) is 5.90 Å². The second-order valence-corrected chi connectivity index (χ2v) is 6.93. The van der Waals surface area contributed by atoms with Gasteiger partial charge in [-0.1, -0.05) is 42.5 Å². The van der Waals surface area contributed by atoms with Crippen LogP contribution in [0.1, 0.15) is 23.6 Å². The molecule has 5 heteroatoms. The number of esters is 1. The highest BCUT2D eigenvalue weighted by Gasteiger charge is 2.24. The van der Waals surface area contributed by atoms with Gasteiger partial charge in [-0.2, -0.15) is 0 Å². The smallest absolute Gasteiger partial charge is 0.363 e. The Bertz CT molecular complexity index is 1090. The minimum atomic E-state index is -0.516. The van der Waals surface area contributed by atoms with Crippen molar-refractivity contribution < 1.29 is 13.9 Å². The Hall–Kier alpha value is -3.73. The van der Waals surface area contributed by atoms with Crippen LogP contribution in [0, 0.1) is 5.82 Å². The van der Waals surface area contributed by atoms with Crippen molar-refractivity contribution in [2.75, 3.05) is 11.4 Å². The van der Waals surface area contributed by atoms with Crippen molar-refractivity contribution in [2.24, 2.45) is 4.99 Å². The van der Waals surface area contributed by atoms with Gasteiger partial charge < -0.3 is 9.64 Å². The van der Waals surface area contributed by atoms with Crippen LogP contribution in [-0.2, 0) is 16.1 Å². The van der Waals surface area contributed by atoms with Crippen molar-refractivity contribution in [3.8, 4) is 0 Å². The van der Waals surface area contributed by atoms with Crippen LogP contribution in [0.2, 0.25) is 0 Å². The van der Waals surface area contributed by atoms with Crippen LogP contribution >= 0.6 is 0 Å². The number of hydrogen-bond donors (Lipinski definition) is 0. The number of benzene rings is 3. The molecule has 4 nitrogen and oxygen atoms in total. The number of carbonyl (C=O) groups is 1. The molecule has 0 aromatic heterocycles. The van der Waals surface area contributed by atoms with Gasteiger partial charge in [-0.15, -0.1) is 0 Å². The summed E-state index contributed by atoms with van der Waals surface area (Å²) in [6.45, 7) is 3.83. The van der Waals surface area contributed by atoms with Crippen LogP contribution in [0.4, 0.5) is 10.1 Å². The Morgan fingerprint density at radius 1 is 0.967 bits per heavy atom. The maximum absolute atomic E-state index is 13.1. The van der Waals surface area contributed by atoms with E-state index in [0.717, 1.165) is 24.3 Å². The molecule has 4 rings (SSSR count). The van der Waals surface area contributed by atoms with Crippen LogP contribution < -0.4 is 4.90 Å². The summed E-state index contributed by atoms with van der Waals surface area (Å²) >= 11 is 0. The Morgan fingerprint density at radius 2 is 1.67 bits per heavy atom. The zero-order valence-electron chi connectivity index (χ0n) is 16.6. The molecule has 3 aromatic rings. The minimum absolute atomic E-state index is 0.183. The number of rotatable bonds is 6. The zero-order valence-corrected chi connectivity index (χ0v) is 16.6. The predicted molar refractivity (Wildman–Crippen MR) is 117 cm³/mol. The fraction of sp³-hybridized carbons (Fsp3) is 0.120. The van der Waals surface area contributed by atoms with E-state index >= 15 is 0 Å². The van der Waals surface area contributed by atoms with Crippen LogP contribution in [0.15, 0.2) is 89.6 Å². The standard InChI is InChI=1S/C25H21FN2O2/c1-2-28(17-19-6-4-3-5-7-19)22-14-8-18(9-15-22)16-23-25(29)30-24(27-23)20-10-12-21(26)13-11-20/h3-16H,2,17H2,1H3/b23-16-. The summed E-state index contributed by atoms with van der Waals surface area (Å²) in [5.41, 5.74) is 3.99. The van der Waals surface area contributed by atoms with Crippen LogP contribution in [0.5, 0.6) is 0 Å². The first kappa shape index (κ1) is 19.6. The molecule has 0 bridgehead atoms. The van der Waals surface area contributed by atoms with E-state index in [1.807, 2.05) is 42.5 Å². The number of ether oxygens (including phenoxy) is 1. The lowest BCUT2D eigenvalue weighted by Gasteiger charge is -2.23. The lowest BCUT2D eigenvalue weighted by atomic mass is 10.1. The normalized spacial score (nSPS) is 14.5. The highest BCUT2D eigenvalue weighted by atomic mass is 19.1. The van der Waals surface area contributed by atoms with E-state index in [2.05, 4.69) is 28.9 Å². The highest BCUT2D eigenvalue weighted by Crippen LogP contribution is 2.22. The largest absolute Gasteiger partial charge is 0.402 e. The second-order valence-electron chi connectivity index (χ2n) is 6.93. The summed E-state index contributed by atoms with van der Waals surface area (Å²) in [6.07, 6.45) is 1.69. The van der Waals surface area contributed by atoms with E-state index < -0.39 is 5.97 Å².